The molecule has 0 bridgehead atoms. The summed E-state index contributed by atoms with van der Waals surface area (Å²) in [5.41, 5.74) is -14.3. The molecular formula is C33H21BF20N-. The van der Waals surface area contributed by atoms with Crippen LogP contribution in [0.4, 0.5) is 87.8 Å². The first-order valence-electron chi connectivity index (χ1n) is 15.5. The van der Waals surface area contributed by atoms with Gasteiger partial charge in [-0.1, -0.05) is 20.8 Å². The average molecular weight is 822 g/mol. The van der Waals surface area contributed by atoms with Crippen LogP contribution in [0.15, 0.2) is 0 Å². The molecule has 1 nitrogen and oxygen atoms in total. The van der Waals surface area contributed by atoms with Crippen LogP contribution in [0.3, 0.4) is 0 Å². The molecule has 4 rings (SSSR count). The van der Waals surface area contributed by atoms with E-state index in [1.54, 1.807) is 0 Å². The molecule has 0 amide bonds. The zero-order valence-corrected chi connectivity index (χ0v) is 27.8. The lowest BCUT2D eigenvalue weighted by Crippen LogP contribution is -2.81. The van der Waals surface area contributed by atoms with Gasteiger partial charge in [-0.05, 0) is 38.9 Å². The summed E-state index contributed by atoms with van der Waals surface area (Å²) in [4.78, 5) is 2.54. The van der Waals surface area contributed by atoms with E-state index in [0.29, 0.717) is 0 Å². The Morgan fingerprint density at radius 1 is 0.255 bits per heavy atom. The maximum Gasteiger partial charge on any atom is 0.200 e. The summed E-state index contributed by atoms with van der Waals surface area (Å²) >= 11 is 0. The molecule has 0 aliphatic carbocycles. The van der Waals surface area contributed by atoms with Crippen molar-refractivity contribution in [3.8, 4) is 0 Å². The molecule has 0 N–H and O–H groups in total. The smallest absolute Gasteiger partial charge is 0.200 e. The van der Waals surface area contributed by atoms with E-state index < -0.39 is 144 Å². The van der Waals surface area contributed by atoms with Crippen LogP contribution in [0.1, 0.15) is 40.0 Å². The summed E-state index contributed by atoms with van der Waals surface area (Å²) in [6, 6.07) is 0. The molecule has 4 aromatic rings. The van der Waals surface area contributed by atoms with E-state index in [1.165, 1.54) is 38.9 Å². The lowest BCUT2D eigenvalue weighted by atomic mass is 9.12. The summed E-state index contributed by atoms with van der Waals surface area (Å²) in [5, 5.41) is 0. The molecule has 0 aliphatic heterocycles. The van der Waals surface area contributed by atoms with Crippen molar-refractivity contribution in [2.45, 2.75) is 40.0 Å². The maximum absolute atomic E-state index is 15.4. The molecule has 0 aromatic heterocycles. The first-order chi connectivity index (χ1) is 25.5. The van der Waals surface area contributed by atoms with Crippen molar-refractivity contribution in [2.24, 2.45) is 0 Å². The average Bonchev–Trinajstić information content (AvgIpc) is 3.15. The molecule has 55 heavy (non-hydrogen) atoms. The Kier molecular flexibility index (Phi) is 14.0. The van der Waals surface area contributed by atoms with Crippen molar-refractivity contribution in [3.63, 3.8) is 0 Å². The molecule has 0 unspecified atom stereocenters. The second kappa shape index (κ2) is 17.1. The van der Waals surface area contributed by atoms with Crippen LogP contribution in [0.2, 0.25) is 0 Å². The van der Waals surface area contributed by atoms with E-state index in [4.69, 9.17) is 0 Å². The van der Waals surface area contributed by atoms with Gasteiger partial charge in [0, 0.05) is 0 Å². The fourth-order valence-corrected chi connectivity index (χ4v) is 6.16. The van der Waals surface area contributed by atoms with Crippen LogP contribution in [-0.4, -0.2) is 30.7 Å². The minimum Gasteiger partial charge on any atom is -0.303 e. The minimum absolute atomic E-state index is 1.28. The molecule has 0 heterocycles. The zero-order valence-electron chi connectivity index (χ0n) is 27.8. The van der Waals surface area contributed by atoms with Crippen LogP contribution >= 0.6 is 0 Å². The molecule has 22 heteroatoms. The standard InChI is InChI=1S/C24BF20.C9H21N/c26-5-1(6(27)14(35)21(42)13(5)34)25(2-7(28)15(36)22(43)16(37)8(2)29,3-9(30)17(38)23(44)18(39)10(3)31)4-11(32)19(40)24(45)20(41)12(4)33;1-4-7-10(8-5-2)9-6-3/h;4-9H2,1-3H3/q-1;. The molecule has 4 aromatic carbocycles. The van der Waals surface area contributed by atoms with E-state index in [9.17, 15) is 52.7 Å². The second-order valence-electron chi connectivity index (χ2n) is 11.6. The van der Waals surface area contributed by atoms with Gasteiger partial charge in [0.1, 0.15) is 52.7 Å². The number of hydrogen-bond acceptors (Lipinski definition) is 1. The quantitative estimate of drug-likeness (QED) is 0.0674. The Bertz CT molecular complexity index is 1720. The summed E-state index contributed by atoms with van der Waals surface area (Å²) < 4.78 is 294. The first-order valence-corrected chi connectivity index (χ1v) is 15.5. The van der Waals surface area contributed by atoms with E-state index in [2.05, 4.69) is 25.7 Å². The number of benzene rings is 4. The van der Waals surface area contributed by atoms with Gasteiger partial charge in [0.15, 0.2) is 69.8 Å². The molecule has 0 radical (unpaired) electrons. The SMILES string of the molecule is CCCN(CCC)CCC.Fc1c(F)c(F)c([B-](c2c(F)c(F)c(F)c(F)c2F)(c2c(F)c(F)c(F)c(F)c2F)c2c(F)c(F)c(F)c(F)c2F)c(F)c1F. The van der Waals surface area contributed by atoms with Gasteiger partial charge in [-0.15, -0.1) is 21.9 Å². The van der Waals surface area contributed by atoms with Crippen LogP contribution in [-0.2, 0) is 0 Å². The second-order valence-corrected chi connectivity index (χ2v) is 11.6. The normalized spacial score (nSPS) is 11.8. The molecule has 302 valence electrons. The van der Waals surface area contributed by atoms with E-state index in [1.807, 2.05) is 0 Å². The Labute approximate surface area is 297 Å². The Hall–Kier alpha value is -4.50. The third-order valence-electron chi connectivity index (χ3n) is 8.33. The van der Waals surface area contributed by atoms with Gasteiger partial charge < -0.3 is 4.90 Å². The minimum atomic E-state index is -7.22. The fraction of sp³-hybridized carbons (Fsp3) is 0.273. The van der Waals surface area contributed by atoms with Crippen molar-refractivity contribution >= 4 is 28.0 Å². The predicted molar refractivity (Wildman–Crippen MR) is 157 cm³/mol. The topological polar surface area (TPSA) is 3.24 Å². The summed E-state index contributed by atoms with van der Waals surface area (Å²) in [7, 11) is 0. The van der Waals surface area contributed by atoms with E-state index >= 15 is 35.1 Å². The highest BCUT2D eigenvalue weighted by Gasteiger charge is 2.52. The Balaban J connectivity index is 0.000000712. The molecule has 0 aliphatic rings. The van der Waals surface area contributed by atoms with Gasteiger partial charge in [0.25, 0.3) is 0 Å². The highest BCUT2D eigenvalue weighted by molar-refractivity contribution is 7.20. The lowest BCUT2D eigenvalue weighted by Gasteiger charge is -2.44. The van der Waals surface area contributed by atoms with E-state index in [-0.39, 0.29) is 0 Å². The molecule has 0 fully saturated rings. The summed E-state index contributed by atoms with van der Waals surface area (Å²) in [5.74, 6) is -71.4. The maximum atomic E-state index is 15.4. The van der Waals surface area contributed by atoms with Gasteiger partial charge in [-0.2, -0.15) is 0 Å². The lowest BCUT2D eigenvalue weighted by molar-refractivity contribution is 0.275. The van der Waals surface area contributed by atoms with Crippen molar-refractivity contribution in [2.75, 3.05) is 19.6 Å². The molecular weight excluding hydrogens is 801 g/mol. The molecule has 0 atom stereocenters. The predicted octanol–water partition coefficient (Wildman–Crippen LogP) is 8.36. The monoisotopic (exact) mass is 822 g/mol. The molecule has 0 saturated heterocycles. The van der Waals surface area contributed by atoms with E-state index in [0.717, 1.165) is 0 Å². The number of halogens is 20. The van der Waals surface area contributed by atoms with Crippen LogP contribution in [0.5, 0.6) is 0 Å². The summed E-state index contributed by atoms with van der Waals surface area (Å²) in [6.07, 6.45) is -3.34. The fourth-order valence-electron chi connectivity index (χ4n) is 6.16. The first kappa shape index (κ1) is 44.9. The third-order valence-corrected chi connectivity index (χ3v) is 8.33. The van der Waals surface area contributed by atoms with Crippen molar-refractivity contribution in [3.05, 3.63) is 116 Å². The molecule has 0 spiro atoms. The van der Waals surface area contributed by atoms with Gasteiger partial charge in [0.2, 0.25) is 0 Å². The van der Waals surface area contributed by atoms with Crippen LogP contribution in [0, 0.1) is 116 Å². The van der Waals surface area contributed by atoms with Crippen molar-refractivity contribution < 1.29 is 87.8 Å². The highest BCUT2D eigenvalue weighted by atomic mass is 19.2. The zero-order chi connectivity index (χ0) is 42.2. The number of rotatable bonds is 10. The van der Waals surface area contributed by atoms with Gasteiger partial charge in [0.05, 0.1) is 0 Å². The van der Waals surface area contributed by atoms with Crippen LogP contribution in [0.25, 0.3) is 0 Å². The third kappa shape index (κ3) is 7.21. The van der Waals surface area contributed by atoms with Crippen molar-refractivity contribution in [1.82, 2.24) is 4.90 Å². The summed E-state index contributed by atoms with van der Waals surface area (Å²) in [6.45, 7) is 10.6. The van der Waals surface area contributed by atoms with Crippen molar-refractivity contribution in [1.29, 1.82) is 0 Å². The largest absolute Gasteiger partial charge is 0.303 e. The number of hydrogen-bond donors (Lipinski definition) is 0. The van der Waals surface area contributed by atoms with Gasteiger partial charge in [-0.3, -0.25) is 0 Å². The Morgan fingerprint density at radius 2 is 0.382 bits per heavy atom. The Morgan fingerprint density at radius 3 is 0.509 bits per heavy atom. The van der Waals surface area contributed by atoms with Gasteiger partial charge >= 0.3 is 0 Å². The number of nitrogens with zero attached hydrogens (tertiary/aromatic N) is 1. The van der Waals surface area contributed by atoms with Gasteiger partial charge in [-0.25, -0.2) is 87.8 Å². The molecule has 0 saturated carbocycles. The highest BCUT2D eigenvalue weighted by Crippen LogP contribution is 2.30. The van der Waals surface area contributed by atoms with Crippen LogP contribution < -0.4 is 21.9 Å².